The lowest BCUT2D eigenvalue weighted by atomic mass is 10.0. The number of ether oxygens (including phenoxy) is 1. The Morgan fingerprint density at radius 1 is 1.56 bits per heavy atom. The summed E-state index contributed by atoms with van der Waals surface area (Å²) in [6.45, 7) is 5.47. The lowest BCUT2D eigenvalue weighted by Gasteiger charge is -2.15. The Bertz CT molecular complexity index is 448. The summed E-state index contributed by atoms with van der Waals surface area (Å²) in [5.74, 6) is 0.421. The van der Waals surface area contributed by atoms with Crippen LogP contribution in [0.15, 0.2) is 18.2 Å². The summed E-state index contributed by atoms with van der Waals surface area (Å²) in [6, 6.07) is 5.12. The van der Waals surface area contributed by atoms with E-state index in [4.69, 9.17) is 4.74 Å². The molecular formula is C13H18N2O3. The van der Waals surface area contributed by atoms with Gasteiger partial charge in [-0.2, -0.15) is 0 Å². The first-order chi connectivity index (χ1) is 8.58. The molecule has 0 spiro atoms. The molecule has 18 heavy (non-hydrogen) atoms. The fraction of sp³-hybridized carbons (Fsp3) is 0.538. The Kier molecular flexibility index (Phi) is 3.81. The summed E-state index contributed by atoms with van der Waals surface area (Å²) in [5, 5.41) is 14.1. The third-order valence-corrected chi connectivity index (χ3v) is 3.44. The van der Waals surface area contributed by atoms with Crippen molar-refractivity contribution in [2.45, 2.75) is 26.4 Å². The van der Waals surface area contributed by atoms with Gasteiger partial charge in [-0.1, -0.05) is 6.07 Å². The highest BCUT2D eigenvalue weighted by atomic mass is 16.6. The highest BCUT2D eigenvalue weighted by Gasteiger charge is 2.24. The van der Waals surface area contributed by atoms with Gasteiger partial charge in [0.15, 0.2) is 0 Å². The van der Waals surface area contributed by atoms with Gasteiger partial charge in [0.1, 0.15) is 5.69 Å². The van der Waals surface area contributed by atoms with Crippen molar-refractivity contribution in [3.05, 3.63) is 33.9 Å². The summed E-state index contributed by atoms with van der Waals surface area (Å²) >= 11 is 0. The lowest BCUT2D eigenvalue weighted by Crippen LogP contribution is -2.21. The van der Waals surface area contributed by atoms with Crippen molar-refractivity contribution in [3.8, 4) is 0 Å². The molecule has 1 fully saturated rings. The molecule has 98 valence electrons. The standard InChI is InChI=1S/C13H18N2O3/c1-9-3-4-13(15(16)17)12(7-9)14-8-11-5-6-18-10(11)2/h3-4,7,10-11,14H,5-6,8H2,1-2H3. The summed E-state index contributed by atoms with van der Waals surface area (Å²) in [5.41, 5.74) is 1.74. The minimum atomic E-state index is -0.351. The molecule has 5 heteroatoms. The zero-order valence-corrected chi connectivity index (χ0v) is 10.7. The molecular weight excluding hydrogens is 232 g/mol. The predicted octanol–water partition coefficient (Wildman–Crippen LogP) is 2.74. The van der Waals surface area contributed by atoms with Gasteiger partial charge in [-0.15, -0.1) is 0 Å². The molecule has 0 saturated carbocycles. The second kappa shape index (κ2) is 5.35. The molecule has 1 aliphatic rings. The molecule has 1 heterocycles. The summed E-state index contributed by atoms with van der Waals surface area (Å²) in [4.78, 5) is 10.6. The van der Waals surface area contributed by atoms with E-state index in [1.807, 2.05) is 19.9 Å². The molecule has 2 atom stereocenters. The van der Waals surface area contributed by atoms with Crippen molar-refractivity contribution < 1.29 is 9.66 Å². The van der Waals surface area contributed by atoms with Crippen LogP contribution in [0.5, 0.6) is 0 Å². The van der Waals surface area contributed by atoms with Gasteiger partial charge in [0.05, 0.1) is 11.0 Å². The van der Waals surface area contributed by atoms with E-state index in [1.165, 1.54) is 0 Å². The number of hydrogen-bond acceptors (Lipinski definition) is 4. The van der Waals surface area contributed by atoms with E-state index in [2.05, 4.69) is 5.32 Å². The fourth-order valence-electron chi connectivity index (χ4n) is 2.24. The van der Waals surface area contributed by atoms with Crippen LogP contribution >= 0.6 is 0 Å². The smallest absolute Gasteiger partial charge is 0.292 e. The molecule has 5 nitrogen and oxygen atoms in total. The van der Waals surface area contributed by atoms with Gasteiger partial charge >= 0.3 is 0 Å². The van der Waals surface area contributed by atoms with Crippen LogP contribution in [0.4, 0.5) is 11.4 Å². The second-order valence-corrected chi connectivity index (χ2v) is 4.78. The molecule has 1 N–H and O–H groups in total. The predicted molar refractivity (Wildman–Crippen MR) is 69.8 cm³/mol. The van der Waals surface area contributed by atoms with E-state index >= 15 is 0 Å². The van der Waals surface area contributed by atoms with Gasteiger partial charge in [0.2, 0.25) is 0 Å². The monoisotopic (exact) mass is 250 g/mol. The summed E-state index contributed by atoms with van der Waals surface area (Å²) in [7, 11) is 0. The van der Waals surface area contributed by atoms with Crippen LogP contribution in [-0.2, 0) is 4.74 Å². The molecule has 0 aliphatic carbocycles. The van der Waals surface area contributed by atoms with Crippen LogP contribution in [0.3, 0.4) is 0 Å². The van der Waals surface area contributed by atoms with Crippen molar-refractivity contribution in [2.75, 3.05) is 18.5 Å². The number of nitro benzene ring substituents is 1. The number of anilines is 1. The van der Waals surface area contributed by atoms with E-state index < -0.39 is 0 Å². The van der Waals surface area contributed by atoms with Crippen molar-refractivity contribution in [2.24, 2.45) is 5.92 Å². The molecule has 0 aromatic heterocycles. The first-order valence-corrected chi connectivity index (χ1v) is 6.18. The minimum Gasteiger partial charge on any atom is -0.379 e. The molecule has 0 radical (unpaired) electrons. The first kappa shape index (κ1) is 12.8. The van der Waals surface area contributed by atoms with E-state index in [-0.39, 0.29) is 16.7 Å². The van der Waals surface area contributed by atoms with Crippen LogP contribution in [0.2, 0.25) is 0 Å². The number of nitrogens with zero attached hydrogens (tertiary/aromatic N) is 1. The average molecular weight is 250 g/mol. The van der Waals surface area contributed by atoms with Crippen molar-refractivity contribution in [3.63, 3.8) is 0 Å². The zero-order valence-electron chi connectivity index (χ0n) is 10.7. The SMILES string of the molecule is Cc1ccc([N+](=O)[O-])c(NCC2CCOC2C)c1. The Morgan fingerprint density at radius 3 is 2.94 bits per heavy atom. The van der Waals surface area contributed by atoms with Crippen LogP contribution in [0.1, 0.15) is 18.9 Å². The van der Waals surface area contributed by atoms with E-state index in [9.17, 15) is 10.1 Å². The lowest BCUT2D eigenvalue weighted by molar-refractivity contribution is -0.384. The van der Waals surface area contributed by atoms with Crippen LogP contribution < -0.4 is 5.32 Å². The van der Waals surface area contributed by atoms with Gasteiger partial charge in [-0.3, -0.25) is 10.1 Å². The van der Waals surface area contributed by atoms with Gasteiger partial charge in [0.25, 0.3) is 5.69 Å². The maximum absolute atomic E-state index is 10.9. The average Bonchev–Trinajstić information content (AvgIpc) is 2.72. The Hall–Kier alpha value is -1.62. The highest BCUT2D eigenvalue weighted by Crippen LogP contribution is 2.27. The number of aryl methyl sites for hydroxylation is 1. The molecule has 1 aromatic carbocycles. The van der Waals surface area contributed by atoms with Crippen molar-refractivity contribution in [1.29, 1.82) is 0 Å². The van der Waals surface area contributed by atoms with E-state index in [1.54, 1.807) is 12.1 Å². The number of nitro groups is 1. The molecule has 0 bridgehead atoms. The number of rotatable bonds is 4. The van der Waals surface area contributed by atoms with Crippen molar-refractivity contribution >= 4 is 11.4 Å². The van der Waals surface area contributed by atoms with Gasteiger partial charge in [-0.05, 0) is 31.9 Å². The Labute approximate surface area is 106 Å². The third kappa shape index (κ3) is 2.79. The Balaban J connectivity index is 2.08. The Morgan fingerprint density at radius 2 is 2.33 bits per heavy atom. The molecule has 1 aliphatic heterocycles. The summed E-state index contributed by atoms with van der Waals surface area (Å²) < 4.78 is 5.48. The quantitative estimate of drug-likeness (QED) is 0.659. The molecule has 2 rings (SSSR count). The van der Waals surface area contributed by atoms with Gasteiger partial charge < -0.3 is 10.1 Å². The molecule has 2 unspecified atom stereocenters. The molecule has 1 saturated heterocycles. The highest BCUT2D eigenvalue weighted by molar-refractivity contribution is 5.62. The van der Waals surface area contributed by atoms with Crippen molar-refractivity contribution in [1.82, 2.24) is 0 Å². The third-order valence-electron chi connectivity index (χ3n) is 3.44. The number of benzene rings is 1. The van der Waals surface area contributed by atoms with Crippen LogP contribution in [0, 0.1) is 23.0 Å². The largest absolute Gasteiger partial charge is 0.379 e. The van der Waals surface area contributed by atoms with Gasteiger partial charge in [0, 0.05) is 25.1 Å². The normalized spacial score (nSPS) is 23.0. The second-order valence-electron chi connectivity index (χ2n) is 4.78. The van der Waals surface area contributed by atoms with Crippen LogP contribution in [-0.4, -0.2) is 24.2 Å². The molecule has 0 amide bonds. The minimum absolute atomic E-state index is 0.132. The van der Waals surface area contributed by atoms with Gasteiger partial charge in [-0.25, -0.2) is 0 Å². The maximum Gasteiger partial charge on any atom is 0.292 e. The van der Waals surface area contributed by atoms with Crippen LogP contribution in [0.25, 0.3) is 0 Å². The zero-order chi connectivity index (χ0) is 13.1. The summed E-state index contributed by atoms with van der Waals surface area (Å²) in [6.07, 6.45) is 1.23. The van der Waals surface area contributed by atoms with E-state index in [0.717, 1.165) is 18.6 Å². The number of hydrogen-bond donors (Lipinski definition) is 1. The maximum atomic E-state index is 10.9. The van der Waals surface area contributed by atoms with E-state index in [0.29, 0.717) is 18.2 Å². The topological polar surface area (TPSA) is 64.4 Å². The fourth-order valence-corrected chi connectivity index (χ4v) is 2.24. The first-order valence-electron chi connectivity index (χ1n) is 6.18. The molecule has 1 aromatic rings. The number of nitrogens with one attached hydrogen (secondary N) is 1.